The molecule has 6 nitrogen and oxygen atoms in total. The van der Waals surface area contributed by atoms with E-state index in [1.165, 1.54) is 96.3 Å². The summed E-state index contributed by atoms with van der Waals surface area (Å²) in [5.74, 6) is -0.915. The number of unbranched alkanes of at least 4 members (excludes halogenated alkanes) is 25. The van der Waals surface area contributed by atoms with Gasteiger partial charge in [0.15, 0.2) is 6.10 Å². The summed E-state index contributed by atoms with van der Waals surface area (Å²) in [6.07, 6.45) is 87.7. The van der Waals surface area contributed by atoms with E-state index in [2.05, 4.69) is 142 Å². The Bertz CT molecular complexity index is 1590. The van der Waals surface area contributed by atoms with Gasteiger partial charge in [-0.05, 0) is 116 Å². The average molecular weight is 1050 g/mol. The van der Waals surface area contributed by atoms with E-state index in [1.807, 2.05) is 0 Å². The van der Waals surface area contributed by atoms with Crippen molar-refractivity contribution in [2.24, 2.45) is 0 Å². The number of rotatable bonds is 56. The first-order chi connectivity index (χ1) is 37.5. The van der Waals surface area contributed by atoms with Crippen molar-refractivity contribution in [3.8, 4) is 0 Å². The van der Waals surface area contributed by atoms with Crippen LogP contribution in [0.15, 0.2) is 122 Å². The van der Waals surface area contributed by atoms with Crippen molar-refractivity contribution in [3.63, 3.8) is 0 Å². The summed E-state index contributed by atoms with van der Waals surface area (Å²) in [5, 5.41) is 0. The molecule has 0 saturated carbocycles. The average Bonchev–Trinajstić information content (AvgIpc) is 3.42. The Balaban J connectivity index is 4.31. The molecule has 1 atom stereocenters. The third-order valence-electron chi connectivity index (χ3n) is 13.2. The van der Waals surface area contributed by atoms with Crippen molar-refractivity contribution >= 4 is 17.9 Å². The topological polar surface area (TPSA) is 78.9 Å². The Kier molecular flexibility index (Phi) is 59.9. The van der Waals surface area contributed by atoms with E-state index in [1.54, 1.807) is 0 Å². The van der Waals surface area contributed by atoms with Crippen molar-refractivity contribution in [3.05, 3.63) is 122 Å². The Hall–Kier alpha value is -4.19. The van der Waals surface area contributed by atoms with Gasteiger partial charge in [-0.2, -0.15) is 0 Å². The highest BCUT2D eigenvalue weighted by Gasteiger charge is 2.19. The summed E-state index contributed by atoms with van der Waals surface area (Å²) in [6, 6.07) is 0. The third kappa shape index (κ3) is 60.7. The summed E-state index contributed by atoms with van der Waals surface area (Å²) in [5.41, 5.74) is 0. The van der Waals surface area contributed by atoms with E-state index >= 15 is 0 Å². The molecule has 0 saturated heterocycles. The van der Waals surface area contributed by atoms with Gasteiger partial charge in [-0.1, -0.05) is 271 Å². The van der Waals surface area contributed by atoms with Crippen LogP contribution in [0, 0.1) is 0 Å². The van der Waals surface area contributed by atoms with Gasteiger partial charge < -0.3 is 14.2 Å². The summed E-state index contributed by atoms with van der Waals surface area (Å²) in [6.45, 7) is 6.48. The number of allylic oxidation sites excluding steroid dienone is 20. The normalized spacial score (nSPS) is 12.9. The molecule has 432 valence electrons. The zero-order chi connectivity index (χ0) is 55.0. The summed E-state index contributed by atoms with van der Waals surface area (Å²) in [7, 11) is 0. The van der Waals surface area contributed by atoms with Crippen molar-refractivity contribution in [1.29, 1.82) is 0 Å². The fraction of sp³-hybridized carbons (Fsp3) is 0.671. The lowest BCUT2D eigenvalue weighted by atomic mass is 10.1. The van der Waals surface area contributed by atoms with Crippen molar-refractivity contribution in [2.45, 2.75) is 290 Å². The lowest BCUT2D eigenvalue weighted by Gasteiger charge is -2.18. The number of hydrogen-bond donors (Lipinski definition) is 0. The molecule has 0 heterocycles. The van der Waals surface area contributed by atoms with Crippen LogP contribution in [0.3, 0.4) is 0 Å². The molecular weight excluding hydrogens is 937 g/mol. The molecule has 0 aliphatic rings. The summed E-state index contributed by atoms with van der Waals surface area (Å²) in [4.78, 5) is 38.2. The molecule has 0 aromatic carbocycles. The Morgan fingerprint density at radius 2 is 0.513 bits per heavy atom. The molecule has 0 fully saturated rings. The first-order valence-corrected chi connectivity index (χ1v) is 31.5. The van der Waals surface area contributed by atoms with Crippen LogP contribution in [-0.2, 0) is 28.6 Å². The Labute approximate surface area is 469 Å². The van der Waals surface area contributed by atoms with Crippen LogP contribution < -0.4 is 0 Å². The van der Waals surface area contributed by atoms with Gasteiger partial charge in [0.05, 0.1) is 0 Å². The van der Waals surface area contributed by atoms with E-state index in [-0.39, 0.29) is 31.1 Å². The van der Waals surface area contributed by atoms with Gasteiger partial charge in [0.2, 0.25) is 0 Å². The molecule has 0 amide bonds. The molecule has 0 rings (SSSR count). The van der Waals surface area contributed by atoms with Gasteiger partial charge in [0.25, 0.3) is 0 Å². The lowest BCUT2D eigenvalue weighted by Crippen LogP contribution is -2.30. The number of hydrogen-bond acceptors (Lipinski definition) is 6. The molecule has 0 aliphatic heterocycles. The summed E-state index contributed by atoms with van der Waals surface area (Å²) < 4.78 is 16.9. The molecule has 0 spiro atoms. The van der Waals surface area contributed by atoms with Gasteiger partial charge in [-0.3, -0.25) is 14.4 Å². The van der Waals surface area contributed by atoms with Crippen LogP contribution in [0.1, 0.15) is 284 Å². The molecule has 0 aromatic rings. The summed E-state index contributed by atoms with van der Waals surface area (Å²) >= 11 is 0. The van der Waals surface area contributed by atoms with Crippen molar-refractivity contribution in [1.82, 2.24) is 0 Å². The number of esters is 3. The number of ether oxygens (including phenoxy) is 3. The maximum Gasteiger partial charge on any atom is 0.306 e. The van der Waals surface area contributed by atoms with Crippen LogP contribution >= 0.6 is 0 Å². The van der Waals surface area contributed by atoms with E-state index in [4.69, 9.17) is 14.2 Å². The predicted octanol–water partition coefficient (Wildman–Crippen LogP) is 21.6. The third-order valence-corrected chi connectivity index (χ3v) is 13.2. The fourth-order valence-electron chi connectivity index (χ4n) is 8.49. The molecule has 0 aromatic heterocycles. The maximum absolute atomic E-state index is 12.9. The van der Waals surface area contributed by atoms with Crippen LogP contribution in [0.25, 0.3) is 0 Å². The zero-order valence-corrected chi connectivity index (χ0v) is 49.5. The second kappa shape index (κ2) is 63.3. The van der Waals surface area contributed by atoms with Crippen LogP contribution in [0.4, 0.5) is 0 Å². The highest BCUT2D eigenvalue weighted by Crippen LogP contribution is 2.15. The lowest BCUT2D eigenvalue weighted by molar-refractivity contribution is -0.167. The SMILES string of the molecule is CC/C=C\C/C=C\C/C=C\C/C=C\C/C=C\C/C=C\C/C=C\C/C=C\CCCCCCCCC(=O)OCC(COC(=O)CCCCCCCCCCCCC)OC(=O)CCCCCCC/C=C\C/C=C\CCCCCC. The smallest absolute Gasteiger partial charge is 0.306 e. The molecular formula is C70H116O6. The van der Waals surface area contributed by atoms with Gasteiger partial charge in [-0.15, -0.1) is 0 Å². The molecule has 0 radical (unpaired) electrons. The van der Waals surface area contributed by atoms with E-state index in [0.717, 1.165) is 148 Å². The van der Waals surface area contributed by atoms with Gasteiger partial charge in [0, 0.05) is 19.3 Å². The van der Waals surface area contributed by atoms with Crippen LogP contribution in [-0.4, -0.2) is 37.2 Å². The molecule has 0 N–H and O–H groups in total. The first kappa shape index (κ1) is 71.8. The largest absolute Gasteiger partial charge is 0.462 e. The standard InChI is InChI=1S/C70H116O6/c1-4-7-10-13-16-19-22-24-26-28-29-30-31-32-33-34-35-36-37-38-39-40-41-42-44-45-48-51-54-57-60-63-69(72)75-66-67(65-74-68(71)62-59-56-53-50-47-21-18-15-12-9-6-3)76-70(73)64-61-58-55-52-49-46-43-27-25-23-20-17-14-11-8-5-2/h7,10,16,19-20,23-24,26-27,29-30,32-33,35-36,38-39,41-43,67H,4-6,8-9,11-15,17-18,21-22,25,28,31,34,37,40,44-66H2,1-3H3/b10-7-,19-16-,23-20-,26-24-,30-29-,33-32-,36-35-,39-38-,42-41-,43-27-. The fourth-order valence-corrected chi connectivity index (χ4v) is 8.49. The van der Waals surface area contributed by atoms with Crippen LogP contribution in [0.5, 0.6) is 0 Å². The minimum absolute atomic E-state index is 0.0882. The van der Waals surface area contributed by atoms with Crippen LogP contribution in [0.2, 0.25) is 0 Å². The van der Waals surface area contributed by atoms with E-state index in [0.29, 0.717) is 19.3 Å². The van der Waals surface area contributed by atoms with Crippen molar-refractivity contribution in [2.75, 3.05) is 13.2 Å². The van der Waals surface area contributed by atoms with E-state index < -0.39 is 6.10 Å². The molecule has 76 heavy (non-hydrogen) atoms. The minimum atomic E-state index is -0.793. The molecule has 1 unspecified atom stereocenters. The quantitative estimate of drug-likeness (QED) is 0.0261. The molecule has 6 heteroatoms. The maximum atomic E-state index is 12.9. The second-order valence-corrected chi connectivity index (χ2v) is 20.6. The number of carbonyl (C=O) groups is 3. The molecule has 0 bridgehead atoms. The highest BCUT2D eigenvalue weighted by molar-refractivity contribution is 5.71. The predicted molar refractivity (Wildman–Crippen MR) is 330 cm³/mol. The highest BCUT2D eigenvalue weighted by atomic mass is 16.6. The van der Waals surface area contributed by atoms with Gasteiger partial charge >= 0.3 is 17.9 Å². The number of carbonyl (C=O) groups excluding carboxylic acids is 3. The zero-order valence-electron chi connectivity index (χ0n) is 49.5. The Morgan fingerprint density at radius 1 is 0.276 bits per heavy atom. The van der Waals surface area contributed by atoms with Gasteiger partial charge in [-0.25, -0.2) is 0 Å². The van der Waals surface area contributed by atoms with Crippen molar-refractivity contribution < 1.29 is 28.6 Å². The molecule has 0 aliphatic carbocycles. The monoisotopic (exact) mass is 1050 g/mol. The van der Waals surface area contributed by atoms with Gasteiger partial charge in [0.1, 0.15) is 13.2 Å². The first-order valence-electron chi connectivity index (χ1n) is 31.5. The minimum Gasteiger partial charge on any atom is -0.462 e. The Morgan fingerprint density at radius 3 is 0.816 bits per heavy atom. The second-order valence-electron chi connectivity index (χ2n) is 20.6. The van der Waals surface area contributed by atoms with E-state index in [9.17, 15) is 14.4 Å².